The average Bonchev–Trinajstić information content (AvgIpc) is 2.33. The van der Waals surface area contributed by atoms with E-state index in [-0.39, 0.29) is 11.8 Å². The van der Waals surface area contributed by atoms with Crippen molar-refractivity contribution in [2.24, 2.45) is 0 Å². The van der Waals surface area contributed by atoms with Gasteiger partial charge in [0.05, 0.1) is 6.00 Å². The summed E-state index contributed by atoms with van der Waals surface area (Å²) in [5.41, 5.74) is 0.172. The summed E-state index contributed by atoms with van der Waals surface area (Å²) < 4.78 is 0. The number of halogens is 2. The largest absolute Gasteiger partial charge is 0.297 e. The molecule has 1 fully saturated rings. The van der Waals surface area contributed by atoms with Gasteiger partial charge >= 0.3 is 0 Å². The van der Waals surface area contributed by atoms with Crippen LogP contribution in [0, 0.1) is 0 Å². The van der Waals surface area contributed by atoms with Crippen LogP contribution >= 0.6 is 23.2 Å². The van der Waals surface area contributed by atoms with Gasteiger partial charge in [-0.1, -0.05) is 36.2 Å². The summed E-state index contributed by atoms with van der Waals surface area (Å²) in [5.74, 6) is 0.192. The number of carbonyl (C=O) groups excluding carboxylic acids is 1. The number of rotatable bonds is 3. The van der Waals surface area contributed by atoms with Gasteiger partial charge in [-0.2, -0.15) is 0 Å². The normalized spacial score (nSPS) is 24.9. The Balaban J connectivity index is 2.47. The van der Waals surface area contributed by atoms with E-state index < -0.39 is 5.54 Å². The molecule has 0 saturated heterocycles. The van der Waals surface area contributed by atoms with Crippen molar-refractivity contribution in [3.8, 4) is 0 Å². The topological polar surface area (TPSA) is 29.1 Å². The molecule has 2 rings (SSSR count). The van der Waals surface area contributed by atoms with Gasteiger partial charge in [-0.25, -0.2) is 0 Å². The smallest absolute Gasteiger partial charge is 0.157 e. The molecule has 1 aromatic carbocycles. The summed E-state index contributed by atoms with van der Waals surface area (Å²) in [5, 5.41) is 3.76. The number of carbonyl (C=O) groups is 1. The summed E-state index contributed by atoms with van der Waals surface area (Å²) >= 11 is 12.0. The van der Waals surface area contributed by atoms with E-state index in [1.807, 2.05) is 24.3 Å². The van der Waals surface area contributed by atoms with E-state index in [4.69, 9.17) is 23.2 Å². The Kier molecular flexibility index (Phi) is 4.08. The third kappa shape index (κ3) is 2.35. The van der Waals surface area contributed by atoms with Crippen molar-refractivity contribution >= 4 is 29.0 Å². The summed E-state index contributed by atoms with van der Waals surface area (Å²) in [4.78, 5) is 12.3. The highest BCUT2D eigenvalue weighted by molar-refractivity contribution is 6.31. The van der Waals surface area contributed by atoms with Gasteiger partial charge in [0.2, 0.25) is 0 Å². The number of nitrogens with one attached hydrogen (secondary N) is 1. The van der Waals surface area contributed by atoms with E-state index >= 15 is 0 Å². The molecule has 0 aliphatic heterocycles. The minimum absolute atomic E-state index is 0.192. The molecule has 0 heterocycles. The van der Waals surface area contributed by atoms with E-state index in [9.17, 15) is 4.79 Å². The fourth-order valence-electron chi connectivity index (χ4n) is 2.52. The van der Waals surface area contributed by atoms with E-state index in [1.165, 1.54) is 0 Å². The predicted molar refractivity (Wildman–Crippen MR) is 70.5 cm³/mol. The van der Waals surface area contributed by atoms with Crippen LogP contribution in [-0.4, -0.2) is 11.8 Å². The van der Waals surface area contributed by atoms with Crippen LogP contribution in [0.15, 0.2) is 24.3 Å². The van der Waals surface area contributed by atoms with Crippen LogP contribution in [0.5, 0.6) is 0 Å². The van der Waals surface area contributed by atoms with Gasteiger partial charge in [0.1, 0.15) is 5.54 Å². The zero-order valence-corrected chi connectivity index (χ0v) is 11.0. The minimum Gasteiger partial charge on any atom is -0.297 e. The number of hydrogen-bond donors (Lipinski definition) is 1. The molecule has 0 amide bonds. The Morgan fingerprint density at radius 3 is 2.71 bits per heavy atom. The molecular formula is C13H15Cl2NO. The van der Waals surface area contributed by atoms with Crippen molar-refractivity contribution in [3.63, 3.8) is 0 Å². The highest BCUT2D eigenvalue weighted by Gasteiger charge is 2.41. The molecule has 1 N–H and O–H groups in total. The molecular weight excluding hydrogens is 257 g/mol. The molecule has 0 aromatic heterocycles. The number of hydrogen-bond acceptors (Lipinski definition) is 2. The fraction of sp³-hybridized carbons (Fsp3) is 0.462. The van der Waals surface area contributed by atoms with Crippen molar-refractivity contribution in [1.82, 2.24) is 5.32 Å². The molecule has 92 valence electrons. The van der Waals surface area contributed by atoms with Crippen LogP contribution in [0.25, 0.3) is 0 Å². The first-order valence-electron chi connectivity index (χ1n) is 5.80. The first kappa shape index (κ1) is 12.9. The third-order valence-corrected chi connectivity index (χ3v) is 3.85. The summed E-state index contributed by atoms with van der Waals surface area (Å²) in [7, 11) is 0. The second-order valence-electron chi connectivity index (χ2n) is 4.33. The quantitative estimate of drug-likeness (QED) is 0.674. The maximum Gasteiger partial charge on any atom is 0.157 e. The van der Waals surface area contributed by atoms with Gasteiger partial charge in [0.15, 0.2) is 5.78 Å². The number of alkyl halides is 1. The highest BCUT2D eigenvalue weighted by atomic mass is 35.5. The van der Waals surface area contributed by atoms with Gasteiger partial charge in [0.25, 0.3) is 0 Å². The number of benzene rings is 1. The molecule has 2 nitrogen and oxygen atoms in total. The monoisotopic (exact) mass is 271 g/mol. The molecule has 1 aliphatic rings. The van der Waals surface area contributed by atoms with Crippen molar-refractivity contribution in [2.45, 2.75) is 31.2 Å². The van der Waals surface area contributed by atoms with Crippen molar-refractivity contribution < 1.29 is 4.79 Å². The Hall–Kier alpha value is -0.570. The predicted octanol–water partition coefficient (Wildman–Crippen LogP) is 3.46. The lowest BCUT2D eigenvalue weighted by Crippen LogP contribution is -2.50. The second-order valence-corrected chi connectivity index (χ2v) is 5.00. The maximum absolute atomic E-state index is 12.3. The van der Waals surface area contributed by atoms with Gasteiger partial charge in [-0.3, -0.25) is 10.1 Å². The lowest BCUT2D eigenvalue weighted by molar-refractivity contribution is -0.127. The molecule has 0 radical (unpaired) electrons. The number of ketones is 1. The van der Waals surface area contributed by atoms with Crippen molar-refractivity contribution in [3.05, 3.63) is 34.9 Å². The van der Waals surface area contributed by atoms with E-state index in [0.29, 0.717) is 11.4 Å². The minimum atomic E-state index is -0.682. The first-order valence-corrected chi connectivity index (χ1v) is 6.71. The SMILES string of the molecule is O=C1CCCCC1(NCCl)c1ccccc1Cl. The Bertz CT molecular complexity index is 418. The number of Topliss-reactive ketones (excluding diaryl/α,β-unsaturated/α-hetero) is 1. The van der Waals surface area contributed by atoms with Gasteiger partial charge < -0.3 is 0 Å². The Morgan fingerprint density at radius 1 is 1.29 bits per heavy atom. The molecule has 1 saturated carbocycles. The van der Waals surface area contributed by atoms with Crippen LogP contribution in [0.4, 0.5) is 0 Å². The van der Waals surface area contributed by atoms with Gasteiger partial charge in [-0.15, -0.1) is 11.6 Å². The zero-order chi connectivity index (χ0) is 12.3. The molecule has 1 unspecified atom stereocenters. The molecule has 0 spiro atoms. The molecule has 1 atom stereocenters. The molecule has 1 aromatic rings. The maximum atomic E-state index is 12.3. The lowest BCUT2D eigenvalue weighted by Gasteiger charge is -2.37. The molecule has 4 heteroatoms. The highest BCUT2D eigenvalue weighted by Crippen LogP contribution is 2.37. The van der Waals surface area contributed by atoms with Crippen LogP contribution in [0.1, 0.15) is 31.2 Å². The standard InChI is InChI=1S/C13H15Cl2NO/c14-9-16-13(8-4-3-7-12(13)17)10-5-1-2-6-11(10)15/h1-2,5-6,16H,3-4,7-9H2. The molecule has 17 heavy (non-hydrogen) atoms. The van der Waals surface area contributed by atoms with Crippen LogP contribution in [-0.2, 0) is 10.3 Å². The van der Waals surface area contributed by atoms with Crippen LogP contribution in [0.2, 0.25) is 5.02 Å². The van der Waals surface area contributed by atoms with Gasteiger partial charge in [-0.05, 0) is 24.5 Å². The van der Waals surface area contributed by atoms with E-state index in [0.717, 1.165) is 24.8 Å². The molecule has 0 bridgehead atoms. The third-order valence-electron chi connectivity index (χ3n) is 3.38. The Morgan fingerprint density at radius 2 is 2.06 bits per heavy atom. The summed E-state index contributed by atoms with van der Waals surface area (Å²) in [6.45, 7) is 0. The lowest BCUT2D eigenvalue weighted by atomic mass is 9.75. The Labute approximate surface area is 111 Å². The van der Waals surface area contributed by atoms with Crippen LogP contribution < -0.4 is 5.32 Å². The van der Waals surface area contributed by atoms with Crippen molar-refractivity contribution in [1.29, 1.82) is 0 Å². The second kappa shape index (κ2) is 5.38. The van der Waals surface area contributed by atoms with E-state index in [2.05, 4.69) is 5.32 Å². The first-order chi connectivity index (χ1) is 8.20. The fourth-order valence-corrected chi connectivity index (χ4v) is 3.04. The zero-order valence-electron chi connectivity index (χ0n) is 9.51. The molecule has 1 aliphatic carbocycles. The van der Waals surface area contributed by atoms with Crippen LogP contribution in [0.3, 0.4) is 0 Å². The average molecular weight is 272 g/mol. The summed E-state index contributed by atoms with van der Waals surface area (Å²) in [6.07, 6.45) is 3.33. The van der Waals surface area contributed by atoms with Gasteiger partial charge in [0, 0.05) is 11.4 Å². The van der Waals surface area contributed by atoms with Crippen molar-refractivity contribution in [2.75, 3.05) is 6.00 Å². The van der Waals surface area contributed by atoms with E-state index in [1.54, 1.807) is 0 Å². The summed E-state index contributed by atoms with van der Waals surface area (Å²) in [6, 6.07) is 7.74.